The second-order valence-electron chi connectivity index (χ2n) is 4.57. The lowest BCUT2D eigenvalue weighted by Gasteiger charge is -2.20. The number of carbonyl (C=O) groups excluding carboxylic acids is 1. The fraction of sp³-hybridized carbons (Fsp3) is 0.250. The zero-order valence-corrected chi connectivity index (χ0v) is 13.0. The Hall–Kier alpha value is -2.14. The maximum atomic E-state index is 12.5. The average molecular weight is 302 g/mol. The third kappa shape index (κ3) is 3.92. The lowest BCUT2D eigenvalue weighted by Crippen LogP contribution is -2.31. The first-order valence-corrected chi connectivity index (χ1v) is 7.47. The molecule has 0 aliphatic rings. The van der Waals surface area contributed by atoms with Crippen LogP contribution >= 0.6 is 11.3 Å². The standard InChI is InChI=1S/C16H18N2O2S/c1-4-9-18(16(19)15-11-21-12(2)17-15)10-13-5-7-14(20-3)8-6-13/h4-8,11H,1,9-10H2,2-3H3. The molecule has 5 heteroatoms. The van der Waals surface area contributed by atoms with Crippen LogP contribution in [0, 0.1) is 6.92 Å². The smallest absolute Gasteiger partial charge is 0.273 e. The molecular formula is C16H18N2O2S. The van der Waals surface area contributed by atoms with E-state index in [-0.39, 0.29) is 5.91 Å². The fourth-order valence-electron chi connectivity index (χ4n) is 1.95. The van der Waals surface area contributed by atoms with Gasteiger partial charge in [0.25, 0.3) is 5.91 Å². The summed E-state index contributed by atoms with van der Waals surface area (Å²) in [5.74, 6) is 0.727. The first-order chi connectivity index (χ1) is 10.1. The van der Waals surface area contributed by atoms with Crippen LogP contribution in [-0.4, -0.2) is 29.4 Å². The van der Waals surface area contributed by atoms with Gasteiger partial charge in [-0.05, 0) is 24.6 Å². The van der Waals surface area contributed by atoms with Crippen LogP contribution in [0.1, 0.15) is 21.1 Å². The summed E-state index contributed by atoms with van der Waals surface area (Å²) < 4.78 is 5.14. The Morgan fingerprint density at radius 1 is 1.43 bits per heavy atom. The van der Waals surface area contributed by atoms with Crippen molar-refractivity contribution in [2.75, 3.05) is 13.7 Å². The third-order valence-electron chi connectivity index (χ3n) is 3.01. The predicted molar refractivity (Wildman–Crippen MR) is 84.8 cm³/mol. The molecule has 21 heavy (non-hydrogen) atoms. The monoisotopic (exact) mass is 302 g/mol. The normalized spacial score (nSPS) is 10.2. The summed E-state index contributed by atoms with van der Waals surface area (Å²) in [4.78, 5) is 18.5. The Morgan fingerprint density at radius 3 is 2.67 bits per heavy atom. The number of nitrogens with zero attached hydrogens (tertiary/aromatic N) is 2. The van der Waals surface area contributed by atoms with Gasteiger partial charge < -0.3 is 9.64 Å². The highest BCUT2D eigenvalue weighted by molar-refractivity contribution is 7.09. The van der Waals surface area contributed by atoms with Crippen molar-refractivity contribution in [1.82, 2.24) is 9.88 Å². The summed E-state index contributed by atoms with van der Waals surface area (Å²) >= 11 is 1.48. The number of carbonyl (C=O) groups is 1. The van der Waals surface area contributed by atoms with Crippen molar-refractivity contribution in [2.45, 2.75) is 13.5 Å². The fourth-order valence-corrected chi connectivity index (χ4v) is 2.54. The molecule has 0 saturated heterocycles. The number of aryl methyl sites for hydroxylation is 1. The Balaban J connectivity index is 2.14. The molecule has 4 nitrogen and oxygen atoms in total. The molecule has 1 aromatic heterocycles. The van der Waals surface area contributed by atoms with E-state index in [1.54, 1.807) is 23.5 Å². The van der Waals surface area contributed by atoms with Gasteiger partial charge in [-0.3, -0.25) is 4.79 Å². The van der Waals surface area contributed by atoms with Gasteiger partial charge in [0, 0.05) is 18.5 Å². The minimum atomic E-state index is -0.0740. The van der Waals surface area contributed by atoms with Gasteiger partial charge in [0.1, 0.15) is 11.4 Å². The Bertz CT molecular complexity index is 619. The zero-order chi connectivity index (χ0) is 15.2. The second kappa shape index (κ2) is 7.04. The summed E-state index contributed by atoms with van der Waals surface area (Å²) in [7, 11) is 1.63. The Labute approximate surface area is 128 Å². The zero-order valence-electron chi connectivity index (χ0n) is 12.2. The van der Waals surface area contributed by atoms with Crippen LogP contribution in [0.2, 0.25) is 0 Å². The lowest BCUT2D eigenvalue weighted by molar-refractivity contribution is 0.0757. The highest BCUT2D eigenvalue weighted by Crippen LogP contribution is 2.16. The molecule has 0 N–H and O–H groups in total. The maximum absolute atomic E-state index is 12.5. The van der Waals surface area contributed by atoms with E-state index in [2.05, 4.69) is 11.6 Å². The molecule has 0 saturated carbocycles. The summed E-state index contributed by atoms with van der Waals surface area (Å²) in [6.45, 7) is 6.62. The number of rotatable bonds is 6. The van der Waals surface area contributed by atoms with Crippen molar-refractivity contribution in [3.63, 3.8) is 0 Å². The van der Waals surface area contributed by atoms with Crippen molar-refractivity contribution in [3.05, 3.63) is 58.6 Å². The van der Waals surface area contributed by atoms with Crippen molar-refractivity contribution in [1.29, 1.82) is 0 Å². The molecule has 0 aliphatic heterocycles. The van der Waals surface area contributed by atoms with Crippen LogP contribution in [0.5, 0.6) is 5.75 Å². The topological polar surface area (TPSA) is 42.4 Å². The largest absolute Gasteiger partial charge is 0.497 e. The number of methoxy groups -OCH3 is 1. The van der Waals surface area contributed by atoms with Gasteiger partial charge in [-0.15, -0.1) is 17.9 Å². The van der Waals surface area contributed by atoms with Crippen molar-refractivity contribution >= 4 is 17.2 Å². The summed E-state index contributed by atoms with van der Waals surface area (Å²) in [6, 6.07) is 7.68. The molecule has 2 aromatic rings. The molecule has 110 valence electrons. The van der Waals surface area contributed by atoms with Crippen molar-refractivity contribution in [2.24, 2.45) is 0 Å². The van der Waals surface area contributed by atoms with Crippen LogP contribution < -0.4 is 4.74 Å². The first kappa shape index (κ1) is 15.3. The van der Waals surface area contributed by atoms with Gasteiger partial charge in [-0.1, -0.05) is 18.2 Å². The van der Waals surface area contributed by atoms with Crippen LogP contribution in [0.25, 0.3) is 0 Å². The van der Waals surface area contributed by atoms with E-state index in [9.17, 15) is 4.79 Å². The number of thiazole rings is 1. The van der Waals surface area contributed by atoms with Crippen LogP contribution in [-0.2, 0) is 6.54 Å². The van der Waals surface area contributed by atoms with Gasteiger partial charge in [0.15, 0.2) is 0 Å². The number of hydrogen-bond donors (Lipinski definition) is 0. The third-order valence-corrected chi connectivity index (χ3v) is 3.78. The van der Waals surface area contributed by atoms with Gasteiger partial charge >= 0.3 is 0 Å². The van der Waals surface area contributed by atoms with E-state index in [4.69, 9.17) is 4.74 Å². The van der Waals surface area contributed by atoms with E-state index in [1.165, 1.54) is 11.3 Å². The van der Waals surface area contributed by atoms with E-state index < -0.39 is 0 Å². The molecule has 0 aliphatic carbocycles. The summed E-state index contributed by atoms with van der Waals surface area (Å²) in [5, 5.41) is 2.68. The van der Waals surface area contributed by atoms with Gasteiger partial charge in [-0.2, -0.15) is 0 Å². The molecule has 1 heterocycles. The molecule has 1 aromatic carbocycles. The van der Waals surface area contributed by atoms with E-state index >= 15 is 0 Å². The van der Waals surface area contributed by atoms with Gasteiger partial charge in [0.2, 0.25) is 0 Å². The number of amides is 1. The quantitative estimate of drug-likeness (QED) is 0.769. The van der Waals surface area contributed by atoms with E-state index in [0.717, 1.165) is 16.3 Å². The Morgan fingerprint density at radius 2 is 2.14 bits per heavy atom. The van der Waals surface area contributed by atoms with Crippen LogP contribution in [0.4, 0.5) is 0 Å². The number of benzene rings is 1. The number of hydrogen-bond acceptors (Lipinski definition) is 4. The minimum Gasteiger partial charge on any atom is -0.497 e. The van der Waals surface area contributed by atoms with Crippen LogP contribution in [0.3, 0.4) is 0 Å². The molecule has 0 atom stereocenters. The highest BCUT2D eigenvalue weighted by Gasteiger charge is 2.17. The molecule has 0 spiro atoms. The second-order valence-corrected chi connectivity index (χ2v) is 5.64. The van der Waals surface area contributed by atoms with Crippen molar-refractivity contribution in [3.8, 4) is 5.75 Å². The predicted octanol–water partition coefficient (Wildman–Crippen LogP) is 3.29. The van der Waals surface area contributed by atoms with Crippen molar-refractivity contribution < 1.29 is 9.53 Å². The van der Waals surface area contributed by atoms with E-state index in [0.29, 0.717) is 18.8 Å². The average Bonchev–Trinajstić information content (AvgIpc) is 2.93. The molecular weight excluding hydrogens is 284 g/mol. The molecule has 2 rings (SSSR count). The number of aromatic nitrogens is 1. The summed E-state index contributed by atoms with van der Waals surface area (Å²) in [6.07, 6.45) is 1.72. The van der Waals surface area contributed by atoms with E-state index in [1.807, 2.05) is 31.2 Å². The highest BCUT2D eigenvalue weighted by atomic mass is 32.1. The SMILES string of the molecule is C=CCN(Cc1ccc(OC)cc1)C(=O)c1csc(C)n1. The maximum Gasteiger partial charge on any atom is 0.273 e. The molecule has 1 amide bonds. The lowest BCUT2D eigenvalue weighted by atomic mass is 10.2. The molecule has 0 bridgehead atoms. The minimum absolute atomic E-state index is 0.0740. The van der Waals surface area contributed by atoms with Crippen LogP contribution in [0.15, 0.2) is 42.3 Å². The Kier molecular flexibility index (Phi) is 5.11. The molecule has 0 unspecified atom stereocenters. The number of ether oxygens (including phenoxy) is 1. The first-order valence-electron chi connectivity index (χ1n) is 6.59. The van der Waals surface area contributed by atoms with Gasteiger partial charge in [0.05, 0.1) is 12.1 Å². The summed E-state index contributed by atoms with van der Waals surface area (Å²) in [5.41, 5.74) is 1.53. The molecule has 0 radical (unpaired) electrons. The molecule has 0 fully saturated rings. The van der Waals surface area contributed by atoms with Gasteiger partial charge in [-0.25, -0.2) is 4.98 Å².